The third-order valence-corrected chi connectivity index (χ3v) is 6.52. The summed E-state index contributed by atoms with van der Waals surface area (Å²) in [7, 11) is 0. The number of nitrogens with one attached hydrogen (secondary N) is 1. The van der Waals surface area contributed by atoms with Gasteiger partial charge in [-0.25, -0.2) is 4.79 Å². The molecule has 1 saturated carbocycles. The van der Waals surface area contributed by atoms with Crippen molar-refractivity contribution in [2.75, 3.05) is 0 Å². The molecular weight excluding hydrogens is 425 g/mol. The zero-order chi connectivity index (χ0) is 21.3. The number of halogens is 2. The third kappa shape index (κ3) is 3.98. The standard InChI is InChI=1S/C22H23Cl2N3O3/c1-12-17(21-27-25-11-29-21)19(15-9-6-10-16(23)20(15)24)18(13(2)26-12)22(28)30-14-7-4-3-5-8-14/h6,9-11,14,19,26H,3-5,7-8H2,1-2H3. The minimum Gasteiger partial charge on any atom is -0.459 e. The first-order chi connectivity index (χ1) is 14.5. The van der Waals surface area contributed by atoms with Crippen LogP contribution in [0.15, 0.2) is 46.0 Å². The zero-order valence-corrected chi connectivity index (χ0v) is 18.4. The lowest BCUT2D eigenvalue weighted by molar-refractivity contribution is -0.146. The molecule has 0 saturated heterocycles. The molecule has 4 rings (SSSR count). The topological polar surface area (TPSA) is 77.2 Å². The van der Waals surface area contributed by atoms with Gasteiger partial charge in [0.15, 0.2) is 0 Å². The van der Waals surface area contributed by atoms with E-state index < -0.39 is 5.92 Å². The first-order valence-electron chi connectivity index (χ1n) is 10.1. The molecule has 1 aromatic heterocycles. The Hall–Kier alpha value is -2.31. The molecule has 2 heterocycles. The number of hydrogen-bond donors (Lipinski definition) is 1. The Morgan fingerprint density at radius 3 is 2.63 bits per heavy atom. The van der Waals surface area contributed by atoms with Crippen LogP contribution in [-0.2, 0) is 9.53 Å². The van der Waals surface area contributed by atoms with Crippen LogP contribution in [0.3, 0.4) is 0 Å². The molecule has 6 nitrogen and oxygen atoms in total. The quantitative estimate of drug-likeness (QED) is 0.610. The van der Waals surface area contributed by atoms with Crippen LogP contribution in [0.2, 0.25) is 10.0 Å². The lowest BCUT2D eigenvalue weighted by Crippen LogP contribution is -2.31. The molecule has 2 aromatic rings. The molecule has 1 unspecified atom stereocenters. The predicted molar refractivity (Wildman–Crippen MR) is 115 cm³/mol. The van der Waals surface area contributed by atoms with Gasteiger partial charge in [-0.2, -0.15) is 0 Å². The summed E-state index contributed by atoms with van der Waals surface area (Å²) < 4.78 is 11.4. The fourth-order valence-electron chi connectivity index (χ4n) is 4.29. The smallest absolute Gasteiger partial charge is 0.337 e. The number of carbonyl (C=O) groups excluding carboxylic acids is 1. The van der Waals surface area contributed by atoms with E-state index in [1.807, 2.05) is 26.0 Å². The van der Waals surface area contributed by atoms with Crippen molar-refractivity contribution in [1.29, 1.82) is 0 Å². The van der Waals surface area contributed by atoms with Crippen molar-refractivity contribution in [3.05, 3.63) is 63.1 Å². The molecule has 1 aliphatic heterocycles. The monoisotopic (exact) mass is 447 g/mol. The molecule has 1 atom stereocenters. The largest absolute Gasteiger partial charge is 0.459 e. The van der Waals surface area contributed by atoms with E-state index in [0.29, 0.717) is 38.3 Å². The molecule has 30 heavy (non-hydrogen) atoms. The maximum atomic E-state index is 13.4. The van der Waals surface area contributed by atoms with Gasteiger partial charge in [-0.05, 0) is 51.2 Å². The number of ether oxygens (including phenoxy) is 1. The first-order valence-corrected chi connectivity index (χ1v) is 10.8. The normalized spacial score (nSPS) is 20.3. The van der Waals surface area contributed by atoms with Crippen LogP contribution in [0, 0.1) is 0 Å². The van der Waals surface area contributed by atoms with E-state index in [2.05, 4.69) is 15.5 Å². The van der Waals surface area contributed by atoms with Crippen LogP contribution >= 0.6 is 23.2 Å². The average molecular weight is 448 g/mol. The SMILES string of the molecule is CC1=C(C(=O)OC2CCCCC2)C(c2cccc(Cl)c2Cl)C(c2nnco2)=C(C)N1. The van der Waals surface area contributed by atoms with Gasteiger partial charge in [0.1, 0.15) is 6.10 Å². The highest BCUT2D eigenvalue weighted by atomic mass is 35.5. The number of dihydropyridines is 1. The Morgan fingerprint density at radius 1 is 1.17 bits per heavy atom. The minimum atomic E-state index is -0.547. The van der Waals surface area contributed by atoms with Crippen molar-refractivity contribution in [2.45, 2.75) is 58.0 Å². The van der Waals surface area contributed by atoms with Gasteiger partial charge in [0.2, 0.25) is 12.3 Å². The van der Waals surface area contributed by atoms with Crippen LogP contribution in [0.5, 0.6) is 0 Å². The Bertz CT molecular complexity index is 1010. The number of hydrogen-bond acceptors (Lipinski definition) is 6. The van der Waals surface area contributed by atoms with Gasteiger partial charge in [-0.15, -0.1) is 10.2 Å². The summed E-state index contributed by atoms with van der Waals surface area (Å²) in [5.74, 6) is -0.594. The van der Waals surface area contributed by atoms with E-state index in [0.717, 1.165) is 31.4 Å². The van der Waals surface area contributed by atoms with E-state index in [-0.39, 0.29) is 12.1 Å². The molecule has 1 N–H and O–H groups in total. The van der Waals surface area contributed by atoms with Crippen molar-refractivity contribution < 1.29 is 13.9 Å². The maximum absolute atomic E-state index is 13.4. The van der Waals surface area contributed by atoms with Crippen molar-refractivity contribution in [1.82, 2.24) is 15.5 Å². The van der Waals surface area contributed by atoms with Gasteiger partial charge in [0.05, 0.1) is 21.5 Å². The van der Waals surface area contributed by atoms with Crippen LogP contribution in [0.25, 0.3) is 5.57 Å². The van der Waals surface area contributed by atoms with E-state index in [1.165, 1.54) is 12.8 Å². The first kappa shape index (κ1) is 20.9. The maximum Gasteiger partial charge on any atom is 0.337 e. The summed E-state index contributed by atoms with van der Waals surface area (Å²) in [6.07, 6.45) is 6.30. The Morgan fingerprint density at radius 2 is 1.93 bits per heavy atom. The number of esters is 1. The lowest BCUT2D eigenvalue weighted by Gasteiger charge is -2.32. The molecule has 1 aromatic carbocycles. The summed E-state index contributed by atoms with van der Waals surface area (Å²) >= 11 is 12.9. The molecule has 1 fully saturated rings. The molecule has 8 heteroatoms. The van der Waals surface area contributed by atoms with Gasteiger partial charge < -0.3 is 14.5 Å². The second-order valence-electron chi connectivity index (χ2n) is 7.69. The van der Waals surface area contributed by atoms with Gasteiger partial charge in [-0.1, -0.05) is 41.8 Å². The second kappa shape index (κ2) is 8.82. The van der Waals surface area contributed by atoms with Crippen LogP contribution in [0.1, 0.15) is 63.3 Å². The predicted octanol–water partition coefficient (Wildman–Crippen LogP) is 5.64. The van der Waals surface area contributed by atoms with E-state index in [9.17, 15) is 4.79 Å². The van der Waals surface area contributed by atoms with Crippen molar-refractivity contribution >= 4 is 34.7 Å². The third-order valence-electron chi connectivity index (χ3n) is 5.69. The van der Waals surface area contributed by atoms with Gasteiger partial charge in [0.25, 0.3) is 0 Å². The number of aromatic nitrogens is 2. The highest BCUT2D eigenvalue weighted by molar-refractivity contribution is 6.42. The average Bonchev–Trinajstić information content (AvgIpc) is 3.24. The number of rotatable bonds is 4. The summed E-state index contributed by atoms with van der Waals surface area (Å²) in [5.41, 5.74) is 3.35. The summed E-state index contributed by atoms with van der Waals surface area (Å²) in [4.78, 5) is 13.4. The summed E-state index contributed by atoms with van der Waals surface area (Å²) in [6.45, 7) is 3.76. The Kier molecular flexibility index (Phi) is 6.16. The van der Waals surface area contributed by atoms with Gasteiger partial charge >= 0.3 is 5.97 Å². The Labute approximate surface area is 185 Å². The molecule has 0 radical (unpaired) electrons. The fourth-order valence-corrected chi connectivity index (χ4v) is 4.71. The number of carbonyl (C=O) groups is 1. The zero-order valence-electron chi connectivity index (χ0n) is 16.9. The number of benzene rings is 1. The van der Waals surface area contributed by atoms with E-state index >= 15 is 0 Å². The number of allylic oxidation sites excluding steroid dienone is 3. The highest BCUT2D eigenvalue weighted by Crippen LogP contribution is 2.46. The molecule has 0 spiro atoms. The van der Waals surface area contributed by atoms with E-state index in [1.54, 1.807) is 6.07 Å². The molecule has 0 bridgehead atoms. The van der Waals surface area contributed by atoms with Gasteiger partial charge in [0, 0.05) is 17.0 Å². The molecular formula is C22H23Cl2N3O3. The summed E-state index contributed by atoms with van der Waals surface area (Å²) in [6, 6.07) is 5.38. The molecule has 158 valence electrons. The highest BCUT2D eigenvalue weighted by Gasteiger charge is 2.38. The van der Waals surface area contributed by atoms with Crippen molar-refractivity contribution in [3.8, 4) is 0 Å². The van der Waals surface area contributed by atoms with Crippen LogP contribution in [-0.4, -0.2) is 22.3 Å². The van der Waals surface area contributed by atoms with Crippen LogP contribution < -0.4 is 5.32 Å². The van der Waals surface area contributed by atoms with E-state index in [4.69, 9.17) is 32.4 Å². The lowest BCUT2D eigenvalue weighted by atomic mass is 9.80. The fraction of sp³-hybridized carbons (Fsp3) is 0.409. The molecule has 1 aliphatic carbocycles. The second-order valence-corrected chi connectivity index (χ2v) is 8.47. The molecule has 0 amide bonds. The van der Waals surface area contributed by atoms with Crippen molar-refractivity contribution in [2.24, 2.45) is 0 Å². The van der Waals surface area contributed by atoms with Crippen LogP contribution in [0.4, 0.5) is 0 Å². The summed E-state index contributed by atoms with van der Waals surface area (Å²) in [5, 5.41) is 12.0. The number of nitrogens with zero attached hydrogens (tertiary/aromatic N) is 2. The minimum absolute atomic E-state index is 0.0686. The molecule has 2 aliphatic rings. The Balaban J connectivity index is 1.81. The van der Waals surface area contributed by atoms with Crippen molar-refractivity contribution in [3.63, 3.8) is 0 Å². The van der Waals surface area contributed by atoms with Gasteiger partial charge in [-0.3, -0.25) is 0 Å².